The van der Waals surface area contributed by atoms with Crippen molar-refractivity contribution in [1.82, 2.24) is 15.5 Å². The number of nitrogens with zero attached hydrogens (tertiary/aromatic N) is 2. The summed E-state index contributed by atoms with van der Waals surface area (Å²) in [6, 6.07) is 0.459. The molecular weight excluding hydrogens is 435 g/mol. The van der Waals surface area contributed by atoms with Gasteiger partial charge in [-0.1, -0.05) is 27.2 Å². The second-order valence-electron chi connectivity index (χ2n) is 6.81. The van der Waals surface area contributed by atoms with E-state index >= 15 is 0 Å². The van der Waals surface area contributed by atoms with Crippen LogP contribution < -0.4 is 10.6 Å². The maximum atomic E-state index is 11.8. The highest BCUT2D eigenvalue weighted by Gasteiger charge is 2.22. The average molecular weight is 470 g/mol. The van der Waals surface area contributed by atoms with Crippen LogP contribution in [-0.4, -0.2) is 61.0 Å². The summed E-state index contributed by atoms with van der Waals surface area (Å²) in [4.78, 5) is 17.8. The van der Waals surface area contributed by atoms with Crippen molar-refractivity contribution in [1.29, 1.82) is 0 Å². The fraction of sp³-hybridized carbons (Fsp3) is 0.882. The lowest BCUT2D eigenvalue weighted by atomic mass is 9.95. The zero-order chi connectivity index (χ0) is 17.2. The monoisotopic (exact) mass is 470 g/mol. The topological polar surface area (TPSA) is 56.7 Å². The minimum atomic E-state index is 0. The first-order chi connectivity index (χ1) is 10.9. The predicted molar refractivity (Wildman–Crippen MR) is 117 cm³/mol. The Morgan fingerprint density at radius 1 is 1.33 bits per heavy atom. The molecular formula is C17H35IN4OS. The number of hydrogen-bond donors (Lipinski definition) is 2. The van der Waals surface area contributed by atoms with E-state index in [2.05, 4.69) is 48.2 Å². The summed E-state index contributed by atoms with van der Waals surface area (Å²) in [5, 5.41) is 7.67. The van der Waals surface area contributed by atoms with Gasteiger partial charge in [0.2, 0.25) is 5.91 Å². The number of halogens is 1. The van der Waals surface area contributed by atoms with E-state index in [1.54, 1.807) is 19.0 Å². The van der Waals surface area contributed by atoms with E-state index in [-0.39, 0.29) is 36.4 Å². The van der Waals surface area contributed by atoms with Crippen LogP contribution in [0.5, 0.6) is 0 Å². The normalized spacial score (nSPS) is 21.2. The third kappa shape index (κ3) is 9.96. The highest BCUT2D eigenvalue weighted by Crippen LogP contribution is 2.28. The van der Waals surface area contributed by atoms with Gasteiger partial charge in [-0.25, -0.2) is 4.99 Å². The molecule has 2 N–H and O–H groups in total. The largest absolute Gasteiger partial charge is 0.356 e. The molecule has 142 valence electrons. The van der Waals surface area contributed by atoms with Gasteiger partial charge in [0.25, 0.3) is 0 Å². The highest BCUT2D eigenvalue weighted by atomic mass is 127. The Morgan fingerprint density at radius 2 is 2.04 bits per heavy atom. The maximum absolute atomic E-state index is 11.8. The van der Waals surface area contributed by atoms with E-state index < -0.39 is 0 Å². The quantitative estimate of drug-likeness (QED) is 0.341. The first-order valence-corrected chi connectivity index (χ1v) is 9.83. The molecule has 0 aromatic carbocycles. The van der Waals surface area contributed by atoms with Crippen LogP contribution in [0.15, 0.2) is 4.99 Å². The molecule has 1 aliphatic carbocycles. The van der Waals surface area contributed by atoms with Gasteiger partial charge in [-0.3, -0.25) is 4.79 Å². The van der Waals surface area contributed by atoms with Crippen molar-refractivity contribution < 1.29 is 4.79 Å². The molecule has 5 nitrogen and oxygen atoms in total. The Bertz CT molecular complexity index is 389. The molecule has 0 spiro atoms. The fourth-order valence-electron chi connectivity index (χ4n) is 2.60. The standard InChI is InChI=1S/C17H34N4OS.HI/c1-6-23-15-9-7-8-14(10-15)20-17(18-11-13(2)3)19-12-16(22)21(4)5;/h13-15H,6-12H2,1-5H3,(H2,18,19,20);1H. The number of likely N-dealkylation sites (N-methyl/N-ethyl adjacent to an activating group) is 1. The zero-order valence-electron chi connectivity index (χ0n) is 15.8. The Morgan fingerprint density at radius 3 is 2.62 bits per heavy atom. The van der Waals surface area contributed by atoms with E-state index in [9.17, 15) is 4.79 Å². The van der Waals surface area contributed by atoms with Crippen molar-refractivity contribution >= 4 is 47.6 Å². The van der Waals surface area contributed by atoms with Gasteiger partial charge < -0.3 is 15.5 Å². The molecule has 1 fully saturated rings. The Hall–Kier alpha value is -0.180. The van der Waals surface area contributed by atoms with Crippen molar-refractivity contribution in [3.63, 3.8) is 0 Å². The number of aliphatic imine (C=N–C) groups is 1. The van der Waals surface area contributed by atoms with Crippen LogP contribution in [0, 0.1) is 5.92 Å². The average Bonchev–Trinajstić information content (AvgIpc) is 2.50. The molecule has 1 amide bonds. The summed E-state index contributed by atoms with van der Waals surface area (Å²) < 4.78 is 0. The van der Waals surface area contributed by atoms with Crippen LogP contribution in [0.3, 0.4) is 0 Å². The van der Waals surface area contributed by atoms with E-state index in [4.69, 9.17) is 0 Å². The van der Waals surface area contributed by atoms with Gasteiger partial charge in [0.15, 0.2) is 5.96 Å². The summed E-state index contributed by atoms with van der Waals surface area (Å²) >= 11 is 2.06. The number of amides is 1. The lowest BCUT2D eigenvalue weighted by Gasteiger charge is -2.30. The lowest BCUT2D eigenvalue weighted by Crippen LogP contribution is -2.47. The summed E-state index contributed by atoms with van der Waals surface area (Å²) in [5.41, 5.74) is 0. The zero-order valence-corrected chi connectivity index (χ0v) is 18.9. The molecule has 0 aromatic rings. The van der Waals surface area contributed by atoms with E-state index in [0.29, 0.717) is 12.0 Å². The van der Waals surface area contributed by atoms with Gasteiger partial charge in [-0.05, 0) is 30.9 Å². The van der Waals surface area contributed by atoms with Gasteiger partial charge in [0.05, 0.1) is 0 Å². The maximum Gasteiger partial charge on any atom is 0.243 e. The number of carbonyl (C=O) groups excluding carboxylic acids is 1. The molecule has 2 atom stereocenters. The Balaban J connectivity index is 0.00000529. The smallest absolute Gasteiger partial charge is 0.243 e. The first kappa shape index (κ1) is 23.8. The summed E-state index contributed by atoms with van der Waals surface area (Å²) in [6.07, 6.45) is 4.96. The lowest BCUT2D eigenvalue weighted by molar-refractivity contribution is -0.127. The SMILES string of the molecule is CCSC1CCCC(NC(=NCC(=O)N(C)C)NCC(C)C)C1.I. The van der Waals surface area contributed by atoms with Crippen LogP contribution in [0.4, 0.5) is 0 Å². The summed E-state index contributed by atoms with van der Waals surface area (Å²) in [6.45, 7) is 7.63. The molecule has 0 aliphatic heterocycles. The predicted octanol–water partition coefficient (Wildman–Crippen LogP) is 2.95. The molecule has 7 heteroatoms. The van der Waals surface area contributed by atoms with Crippen molar-refractivity contribution in [2.24, 2.45) is 10.9 Å². The first-order valence-electron chi connectivity index (χ1n) is 8.79. The molecule has 1 aliphatic rings. The van der Waals surface area contributed by atoms with E-state index in [1.165, 1.54) is 31.4 Å². The number of thioether (sulfide) groups is 1. The van der Waals surface area contributed by atoms with Crippen LogP contribution in [0.25, 0.3) is 0 Å². The third-order valence-corrected chi connectivity index (χ3v) is 5.15. The molecule has 0 saturated heterocycles. The second-order valence-corrected chi connectivity index (χ2v) is 8.39. The molecule has 0 heterocycles. The number of hydrogen-bond acceptors (Lipinski definition) is 3. The van der Waals surface area contributed by atoms with Crippen LogP contribution in [-0.2, 0) is 4.79 Å². The van der Waals surface area contributed by atoms with Gasteiger partial charge in [0, 0.05) is 31.9 Å². The van der Waals surface area contributed by atoms with Gasteiger partial charge in [0.1, 0.15) is 6.54 Å². The van der Waals surface area contributed by atoms with Gasteiger partial charge in [-0.2, -0.15) is 11.8 Å². The number of nitrogens with one attached hydrogen (secondary N) is 2. The minimum absolute atomic E-state index is 0. The van der Waals surface area contributed by atoms with Crippen molar-refractivity contribution in [2.45, 2.75) is 57.7 Å². The summed E-state index contributed by atoms with van der Waals surface area (Å²) in [5.74, 6) is 2.53. The Labute approximate surface area is 169 Å². The third-order valence-electron chi connectivity index (χ3n) is 3.92. The number of rotatable bonds is 7. The van der Waals surface area contributed by atoms with Crippen LogP contribution in [0.1, 0.15) is 46.5 Å². The fourth-order valence-corrected chi connectivity index (χ4v) is 3.77. The second kappa shape index (κ2) is 13.1. The molecule has 0 radical (unpaired) electrons. The molecule has 1 saturated carbocycles. The highest BCUT2D eigenvalue weighted by molar-refractivity contribution is 14.0. The van der Waals surface area contributed by atoms with Crippen molar-refractivity contribution in [3.05, 3.63) is 0 Å². The van der Waals surface area contributed by atoms with Crippen LogP contribution >= 0.6 is 35.7 Å². The van der Waals surface area contributed by atoms with E-state index in [1.807, 2.05) is 0 Å². The number of guanidine groups is 1. The molecule has 1 rings (SSSR count). The van der Waals surface area contributed by atoms with E-state index in [0.717, 1.165) is 17.8 Å². The molecule has 0 aromatic heterocycles. The molecule has 2 unspecified atom stereocenters. The van der Waals surface area contributed by atoms with Crippen LogP contribution in [0.2, 0.25) is 0 Å². The summed E-state index contributed by atoms with van der Waals surface area (Å²) in [7, 11) is 3.53. The van der Waals surface area contributed by atoms with Crippen molar-refractivity contribution in [2.75, 3.05) is 32.9 Å². The Kier molecular flexibility index (Phi) is 13.0. The molecule has 24 heavy (non-hydrogen) atoms. The molecule has 0 bridgehead atoms. The van der Waals surface area contributed by atoms with Gasteiger partial charge >= 0.3 is 0 Å². The van der Waals surface area contributed by atoms with Gasteiger partial charge in [-0.15, -0.1) is 24.0 Å². The number of carbonyl (C=O) groups is 1. The van der Waals surface area contributed by atoms with Crippen molar-refractivity contribution in [3.8, 4) is 0 Å². The minimum Gasteiger partial charge on any atom is -0.356 e.